The molecular formula is C8H17NOS. The zero-order chi connectivity index (χ0) is 8.32. The molecule has 1 fully saturated rings. The van der Waals surface area contributed by atoms with Crippen LogP contribution in [0.15, 0.2) is 0 Å². The second-order valence-corrected chi connectivity index (χ2v) is 5.66. The lowest BCUT2D eigenvalue weighted by molar-refractivity contribution is 0.374. The third-order valence-electron chi connectivity index (χ3n) is 1.34. The van der Waals surface area contributed by atoms with E-state index < -0.39 is 0 Å². The minimum absolute atomic E-state index is 0.371. The van der Waals surface area contributed by atoms with Gasteiger partial charge in [-0.25, -0.2) is 0 Å². The predicted molar refractivity (Wildman–Crippen MR) is 50.0 cm³/mol. The molecule has 0 aliphatic carbocycles. The van der Waals surface area contributed by atoms with Crippen molar-refractivity contribution >= 4 is 11.8 Å². The van der Waals surface area contributed by atoms with Crippen molar-refractivity contribution in [1.82, 2.24) is 5.32 Å². The van der Waals surface area contributed by atoms with E-state index in [1.54, 1.807) is 0 Å². The molecule has 1 aliphatic heterocycles. The van der Waals surface area contributed by atoms with Gasteiger partial charge in [0.05, 0.1) is 6.61 Å². The number of rotatable bonds is 4. The smallest absolute Gasteiger partial charge is 0.132 e. The summed E-state index contributed by atoms with van der Waals surface area (Å²) < 4.78 is 5.42. The molecule has 0 radical (unpaired) electrons. The van der Waals surface area contributed by atoms with Crippen LogP contribution in [0, 0.1) is 0 Å². The van der Waals surface area contributed by atoms with Crippen molar-refractivity contribution in [1.29, 1.82) is 0 Å². The van der Waals surface area contributed by atoms with Gasteiger partial charge in [-0.2, -0.15) is 11.8 Å². The van der Waals surface area contributed by atoms with Gasteiger partial charge in [0.2, 0.25) is 0 Å². The average molecular weight is 175 g/mol. The molecule has 0 aromatic rings. The second-order valence-electron chi connectivity index (χ2n) is 3.74. The Bertz CT molecular complexity index is 118. The van der Waals surface area contributed by atoms with Gasteiger partial charge in [-0.3, -0.25) is 5.32 Å². The molecular weight excluding hydrogens is 158 g/mol. The van der Waals surface area contributed by atoms with E-state index in [1.807, 2.05) is 11.8 Å². The maximum absolute atomic E-state index is 5.02. The Morgan fingerprint density at radius 1 is 1.55 bits per heavy atom. The topological polar surface area (TPSA) is 24.6 Å². The van der Waals surface area contributed by atoms with Crippen molar-refractivity contribution < 1.29 is 4.74 Å². The summed E-state index contributed by atoms with van der Waals surface area (Å²) in [5, 5.41) is 3.29. The zero-order valence-electron chi connectivity index (χ0n) is 7.52. The van der Waals surface area contributed by atoms with E-state index in [1.165, 1.54) is 5.75 Å². The largest absolute Gasteiger partial charge is 0.357 e. The van der Waals surface area contributed by atoms with E-state index in [9.17, 15) is 0 Å². The highest BCUT2D eigenvalue weighted by Crippen LogP contribution is 2.22. The van der Waals surface area contributed by atoms with Crippen LogP contribution in [0.3, 0.4) is 0 Å². The second kappa shape index (κ2) is 3.78. The minimum atomic E-state index is 0.371. The van der Waals surface area contributed by atoms with Gasteiger partial charge in [0.1, 0.15) is 6.23 Å². The summed E-state index contributed by atoms with van der Waals surface area (Å²) in [6, 6.07) is 0. The lowest BCUT2D eigenvalue weighted by Gasteiger charge is -2.17. The number of nitrogens with one attached hydrogen (secondary N) is 1. The molecule has 0 saturated carbocycles. The van der Waals surface area contributed by atoms with Gasteiger partial charge in [0.25, 0.3) is 0 Å². The first kappa shape index (κ1) is 9.36. The Morgan fingerprint density at radius 3 is 2.64 bits per heavy atom. The van der Waals surface area contributed by atoms with Crippen molar-refractivity contribution in [2.45, 2.75) is 31.7 Å². The molecule has 0 aromatic heterocycles. The fraction of sp³-hybridized carbons (Fsp3) is 1.00. The molecule has 1 heterocycles. The molecule has 0 aromatic carbocycles. The average Bonchev–Trinajstić information content (AvgIpc) is 2.60. The monoisotopic (exact) mass is 175 g/mol. The summed E-state index contributed by atoms with van der Waals surface area (Å²) in [7, 11) is 0. The van der Waals surface area contributed by atoms with E-state index in [-0.39, 0.29) is 0 Å². The highest BCUT2D eigenvalue weighted by atomic mass is 32.2. The van der Waals surface area contributed by atoms with Gasteiger partial charge in [0, 0.05) is 17.0 Å². The molecule has 0 bridgehead atoms. The molecule has 0 spiro atoms. The Labute approximate surface area is 73.1 Å². The van der Waals surface area contributed by atoms with Crippen LogP contribution < -0.4 is 5.32 Å². The number of hydrogen-bond donors (Lipinski definition) is 1. The number of ether oxygens (including phenoxy) is 1. The summed E-state index contributed by atoms with van der Waals surface area (Å²) in [6.07, 6.45) is 0.371. The quantitative estimate of drug-likeness (QED) is 0.517. The highest BCUT2D eigenvalue weighted by Gasteiger charge is 2.21. The van der Waals surface area contributed by atoms with E-state index >= 15 is 0 Å². The summed E-state index contributed by atoms with van der Waals surface area (Å²) in [5.41, 5.74) is 0. The molecule has 66 valence electrons. The fourth-order valence-corrected chi connectivity index (χ4v) is 1.58. The van der Waals surface area contributed by atoms with E-state index in [4.69, 9.17) is 4.74 Å². The van der Waals surface area contributed by atoms with Crippen LogP contribution >= 0.6 is 11.8 Å². The summed E-state index contributed by atoms with van der Waals surface area (Å²) in [6.45, 7) is 8.69. The maximum atomic E-state index is 5.02. The van der Waals surface area contributed by atoms with Crippen LogP contribution in [0.25, 0.3) is 0 Å². The molecule has 3 heteroatoms. The Morgan fingerprint density at radius 2 is 2.18 bits per heavy atom. The van der Waals surface area contributed by atoms with Crippen molar-refractivity contribution in [3.8, 4) is 0 Å². The minimum Gasteiger partial charge on any atom is -0.357 e. The Balaban J connectivity index is 1.87. The summed E-state index contributed by atoms with van der Waals surface area (Å²) in [4.78, 5) is 0. The van der Waals surface area contributed by atoms with Gasteiger partial charge in [-0.05, 0) is 0 Å². The van der Waals surface area contributed by atoms with Crippen molar-refractivity contribution in [3.05, 3.63) is 0 Å². The zero-order valence-corrected chi connectivity index (χ0v) is 8.33. The van der Waals surface area contributed by atoms with Crippen LogP contribution in [-0.4, -0.2) is 29.9 Å². The molecule has 1 unspecified atom stereocenters. The van der Waals surface area contributed by atoms with Crippen molar-refractivity contribution in [2.24, 2.45) is 0 Å². The number of epoxide rings is 1. The van der Waals surface area contributed by atoms with Crippen LogP contribution in [0.4, 0.5) is 0 Å². The fourth-order valence-electron chi connectivity index (χ4n) is 0.743. The van der Waals surface area contributed by atoms with Gasteiger partial charge in [0.15, 0.2) is 0 Å². The van der Waals surface area contributed by atoms with E-state index in [0.717, 1.165) is 13.2 Å². The maximum Gasteiger partial charge on any atom is 0.132 e. The van der Waals surface area contributed by atoms with Gasteiger partial charge < -0.3 is 4.74 Å². The standard InChI is InChI=1S/C8H17NOS/c1-8(2,3)11-5-4-9-7-6-10-7/h7,9H,4-6H2,1-3H3. The van der Waals surface area contributed by atoms with Gasteiger partial charge >= 0.3 is 0 Å². The van der Waals surface area contributed by atoms with Crippen LogP contribution in [0.2, 0.25) is 0 Å². The molecule has 1 saturated heterocycles. The molecule has 1 rings (SSSR count). The molecule has 2 nitrogen and oxygen atoms in total. The highest BCUT2D eigenvalue weighted by molar-refractivity contribution is 8.00. The van der Waals surface area contributed by atoms with Crippen LogP contribution in [-0.2, 0) is 4.74 Å². The molecule has 1 atom stereocenters. The first-order chi connectivity index (χ1) is 5.08. The van der Waals surface area contributed by atoms with E-state index in [2.05, 4.69) is 26.1 Å². The first-order valence-electron chi connectivity index (χ1n) is 4.07. The lowest BCUT2D eigenvalue weighted by Crippen LogP contribution is -2.22. The van der Waals surface area contributed by atoms with Gasteiger partial charge in [-0.15, -0.1) is 0 Å². The Hall–Kier alpha value is 0.270. The third-order valence-corrected chi connectivity index (χ3v) is 2.62. The normalized spacial score (nSPS) is 23.7. The summed E-state index contributed by atoms with van der Waals surface area (Å²) >= 11 is 1.99. The molecule has 1 aliphatic rings. The lowest BCUT2D eigenvalue weighted by atomic mass is 10.3. The Kier molecular flexibility index (Phi) is 3.22. The van der Waals surface area contributed by atoms with Crippen molar-refractivity contribution in [3.63, 3.8) is 0 Å². The predicted octanol–water partition coefficient (Wildman–Crippen LogP) is 1.46. The number of thioether (sulfide) groups is 1. The first-order valence-corrected chi connectivity index (χ1v) is 5.05. The molecule has 0 amide bonds. The van der Waals surface area contributed by atoms with E-state index in [0.29, 0.717) is 11.0 Å². The number of hydrogen-bond acceptors (Lipinski definition) is 3. The summed E-state index contributed by atoms with van der Waals surface area (Å²) in [5.74, 6) is 1.17. The van der Waals surface area contributed by atoms with Crippen LogP contribution in [0.5, 0.6) is 0 Å². The van der Waals surface area contributed by atoms with Gasteiger partial charge in [-0.1, -0.05) is 20.8 Å². The third kappa shape index (κ3) is 5.53. The molecule has 11 heavy (non-hydrogen) atoms. The van der Waals surface area contributed by atoms with Crippen molar-refractivity contribution in [2.75, 3.05) is 18.9 Å². The molecule has 1 N–H and O–H groups in total. The SMILES string of the molecule is CC(C)(C)SCCNC1CO1. The van der Waals surface area contributed by atoms with Crippen LogP contribution in [0.1, 0.15) is 20.8 Å².